The van der Waals surface area contributed by atoms with Gasteiger partial charge in [-0.3, -0.25) is 9.59 Å². The molecular weight excluding hydrogens is 302 g/mol. The van der Waals surface area contributed by atoms with Crippen LogP contribution in [0.1, 0.15) is 32.8 Å². The molecule has 1 aromatic rings. The Hall–Kier alpha value is -1.81. The van der Waals surface area contributed by atoms with Gasteiger partial charge in [0.2, 0.25) is 5.91 Å². The molecule has 0 fully saturated rings. The highest BCUT2D eigenvalue weighted by Crippen LogP contribution is 2.17. The van der Waals surface area contributed by atoms with E-state index in [0.717, 1.165) is 11.1 Å². The van der Waals surface area contributed by atoms with Crippen LogP contribution in [0.4, 0.5) is 0 Å². The van der Waals surface area contributed by atoms with Crippen molar-refractivity contribution in [3.8, 4) is 0 Å². The molecule has 0 aliphatic heterocycles. The summed E-state index contributed by atoms with van der Waals surface area (Å²) in [6, 6.07) is 7.37. The Morgan fingerprint density at radius 3 is 2.55 bits per heavy atom. The minimum Gasteiger partial charge on any atom is -0.466 e. The molecule has 4 nitrogen and oxygen atoms in total. The van der Waals surface area contributed by atoms with Crippen LogP contribution in [0.15, 0.2) is 35.9 Å². The van der Waals surface area contributed by atoms with Crippen LogP contribution in [0.3, 0.4) is 0 Å². The molecule has 1 amide bonds. The van der Waals surface area contributed by atoms with Crippen LogP contribution >= 0.6 is 11.6 Å². The van der Waals surface area contributed by atoms with Crippen molar-refractivity contribution in [2.24, 2.45) is 0 Å². The maximum absolute atomic E-state index is 12.3. The summed E-state index contributed by atoms with van der Waals surface area (Å²) < 4.78 is 4.91. The highest BCUT2D eigenvalue weighted by Gasteiger charge is 2.15. The van der Waals surface area contributed by atoms with Gasteiger partial charge in [-0.25, -0.2) is 0 Å². The highest BCUT2D eigenvalue weighted by molar-refractivity contribution is 6.31. The number of halogens is 1. The summed E-state index contributed by atoms with van der Waals surface area (Å²) in [5.41, 5.74) is 1.76. The fraction of sp³-hybridized carbons (Fsp3) is 0.412. The van der Waals surface area contributed by atoms with Gasteiger partial charge in [-0.05, 0) is 32.4 Å². The number of ether oxygens (including phenoxy) is 1. The van der Waals surface area contributed by atoms with Gasteiger partial charge in [0.05, 0.1) is 13.0 Å². The second-order valence-electron chi connectivity index (χ2n) is 5.13. The molecule has 0 aliphatic carbocycles. The van der Waals surface area contributed by atoms with E-state index < -0.39 is 0 Å². The first-order chi connectivity index (χ1) is 10.4. The summed E-state index contributed by atoms with van der Waals surface area (Å²) in [6.45, 7) is 6.47. The predicted molar refractivity (Wildman–Crippen MR) is 87.6 cm³/mol. The van der Waals surface area contributed by atoms with Crippen molar-refractivity contribution >= 4 is 23.5 Å². The molecule has 22 heavy (non-hydrogen) atoms. The first-order valence-electron chi connectivity index (χ1n) is 7.27. The average molecular weight is 324 g/mol. The third-order valence-electron chi connectivity index (χ3n) is 2.93. The Balaban J connectivity index is 2.82. The van der Waals surface area contributed by atoms with Crippen LogP contribution in [-0.4, -0.2) is 29.9 Å². The summed E-state index contributed by atoms with van der Waals surface area (Å²) in [5, 5.41) is 0.605. The van der Waals surface area contributed by atoms with Gasteiger partial charge >= 0.3 is 5.97 Å². The van der Waals surface area contributed by atoms with E-state index in [1.807, 2.05) is 32.0 Å². The molecule has 0 N–H and O–H groups in total. The molecule has 0 saturated carbocycles. The fourth-order valence-corrected chi connectivity index (χ4v) is 2.09. The summed E-state index contributed by atoms with van der Waals surface area (Å²) >= 11 is 6.15. The molecule has 0 bridgehead atoms. The van der Waals surface area contributed by atoms with E-state index in [2.05, 4.69) is 0 Å². The third-order valence-corrected chi connectivity index (χ3v) is 3.30. The van der Waals surface area contributed by atoms with E-state index in [9.17, 15) is 9.59 Å². The molecule has 0 heterocycles. The van der Waals surface area contributed by atoms with Crippen LogP contribution in [0.5, 0.6) is 0 Å². The Morgan fingerprint density at radius 1 is 1.27 bits per heavy atom. The van der Waals surface area contributed by atoms with Crippen molar-refractivity contribution in [1.82, 2.24) is 4.90 Å². The first-order valence-corrected chi connectivity index (χ1v) is 7.64. The molecule has 1 aromatic carbocycles. The highest BCUT2D eigenvalue weighted by atomic mass is 35.5. The quantitative estimate of drug-likeness (QED) is 0.569. The number of hydrogen-bond donors (Lipinski definition) is 0. The zero-order valence-electron chi connectivity index (χ0n) is 13.3. The Bertz CT molecular complexity index is 551. The number of esters is 1. The fourth-order valence-electron chi connectivity index (χ4n) is 1.90. The zero-order chi connectivity index (χ0) is 16.5. The molecule has 0 spiro atoms. The largest absolute Gasteiger partial charge is 0.466 e. The van der Waals surface area contributed by atoms with Crippen molar-refractivity contribution in [2.75, 3.05) is 13.2 Å². The van der Waals surface area contributed by atoms with E-state index in [4.69, 9.17) is 16.3 Å². The number of amides is 1. The van der Waals surface area contributed by atoms with Crippen LogP contribution in [0, 0.1) is 0 Å². The van der Waals surface area contributed by atoms with Gasteiger partial charge in [0.15, 0.2) is 0 Å². The van der Waals surface area contributed by atoms with Crippen LogP contribution in [0.25, 0.3) is 0 Å². The topological polar surface area (TPSA) is 46.6 Å². The first kappa shape index (κ1) is 18.2. The Labute approximate surface area is 136 Å². The predicted octanol–water partition coefficient (Wildman–Crippen LogP) is 3.59. The molecule has 0 unspecified atom stereocenters. The van der Waals surface area contributed by atoms with Gasteiger partial charge in [0, 0.05) is 24.2 Å². The number of hydrogen-bond acceptors (Lipinski definition) is 3. The number of rotatable bonds is 7. The molecule has 120 valence electrons. The normalized spacial score (nSPS) is 10.0. The summed E-state index contributed by atoms with van der Waals surface area (Å²) in [5.74, 6) is -0.444. The van der Waals surface area contributed by atoms with Crippen LogP contribution < -0.4 is 0 Å². The number of allylic oxidation sites excluding steroid dienone is 1. The molecule has 0 radical (unpaired) electrons. The van der Waals surface area contributed by atoms with Crippen molar-refractivity contribution in [3.63, 3.8) is 0 Å². The number of benzene rings is 1. The molecule has 1 rings (SSSR count). The lowest BCUT2D eigenvalue weighted by molar-refractivity contribution is -0.143. The number of carbonyl (C=O) groups excluding carboxylic acids is 2. The summed E-state index contributed by atoms with van der Waals surface area (Å²) in [7, 11) is 0. The number of carbonyl (C=O) groups is 2. The number of nitrogens with zero attached hydrogens (tertiary/aromatic N) is 1. The van der Waals surface area contributed by atoms with Crippen LogP contribution in [0.2, 0.25) is 5.02 Å². The molecule has 0 saturated heterocycles. The molecule has 0 atom stereocenters. The van der Waals surface area contributed by atoms with Gasteiger partial charge in [-0.1, -0.05) is 35.4 Å². The van der Waals surface area contributed by atoms with Crippen molar-refractivity contribution in [3.05, 3.63) is 46.5 Å². The summed E-state index contributed by atoms with van der Waals surface area (Å²) in [4.78, 5) is 25.4. The summed E-state index contributed by atoms with van der Waals surface area (Å²) in [6.07, 6.45) is 1.72. The second-order valence-corrected chi connectivity index (χ2v) is 5.54. The minimum atomic E-state index is -0.309. The van der Waals surface area contributed by atoms with Gasteiger partial charge in [-0.15, -0.1) is 0 Å². The minimum absolute atomic E-state index is 0.135. The van der Waals surface area contributed by atoms with E-state index in [-0.39, 0.29) is 18.3 Å². The van der Waals surface area contributed by atoms with Gasteiger partial charge < -0.3 is 9.64 Å². The van der Waals surface area contributed by atoms with E-state index in [1.165, 1.54) is 0 Å². The van der Waals surface area contributed by atoms with E-state index in [0.29, 0.717) is 24.7 Å². The van der Waals surface area contributed by atoms with Crippen molar-refractivity contribution in [1.29, 1.82) is 0 Å². The smallest absolute Gasteiger partial charge is 0.307 e. The molecule has 5 heteroatoms. The molecular formula is C17H22ClNO3. The van der Waals surface area contributed by atoms with Gasteiger partial charge in [0.25, 0.3) is 0 Å². The van der Waals surface area contributed by atoms with Crippen LogP contribution in [-0.2, 0) is 20.9 Å². The maximum atomic E-state index is 12.3. The van der Waals surface area contributed by atoms with Gasteiger partial charge in [0.1, 0.15) is 0 Å². The maximum Gasteiger partial charge on any atom is 0.307 e. The SMILES string of the molecule is CCOC(=O)CCN(Cc1ccccc1Cl)C(=O)C=C(C)C. The standard InChI is InChI=1S/C17H22ClNO3/c1-4-22-17(21)9-10-19(16(20)11-13(2)3)12-14-7-5-6-8-15(14)18/h5-8,11H,4,9-10,12H2,1-3H3. The monoisotopic (exact) mass is 323 g/mol. The Morgan fingerprint density at radius 2 is 1.95 bits per heavy atom. The molecule has 0 aliphatic rings. The molecule has 0 aromatic heterocycles. The van der Waals surface area contributed by atoms with Crippen molar-refractivity contribution in [2.45, 2.75) is 33.7 Å². The van der Waals surface area contributed by atoms with Gasteiger partial charge in [-0.2, -0.15) is 0 Å². The van der Waals surface area contributed by atoms with E-state index >= 15 is 0 Å². The lowest BCUT2D eigenvalue weighted by Crippen LogP contribution is -2.31. The zero-order valence-corrected chi connectivity index (χ0v) is 14.0. The second kappa shape index (κ2) is 9.26. The average Bonchev–Trinajstić information content (AvgIpc) is 2.44. The lowest BCUT2D eigenvalue weighted by atomic mass is 10.2. The van der Waals surface area contributed by atoms with Crippen molar-refractivity contribution < 1.29 is 14.3 Å². The third kappa shape index (κ3) is 6.31. The van der Waals surface area contributed by atoms with E-state index in [1.54, 1.807) is 24.0 Å². The lowest BCUT2D eigenvalue weighted by Gasteiger charge is -2.22. The Kier molecular flexibility index (Phi) is 7.67.